The van der Waals surface area contributed by atoms with Gasteiger partial charge in [0, 0.05) is 5.56 Å². The Morgan fingerprint density at radius 3 is 2.36 bits per heavy atom. The first-order valence-electron chi connectivity index (χ1n) is 6.84. The second kappa shape index (κ2) is 7.71. The Hall–Kier alpha value is -2.32. The number of rotatable bonds is 3. The summed E-state index contributed by atoms with van der Waals surface area (Å²) in [4.78, 5) is 12.1. The van der Waals surface area contributed by atoms with Gasteiger partial charge in [-0.05, 0) is 54.7 Å². The van der Waals surface area contributed by atoms with Crippen LogP contribution in [0.15, 0.2) is 42.5 Å². The summed E-state index contributed by atoms with van der Waals surface area (Å²) in [6.45, 7) is 0. The number of anilines is 1. The molecule has 0 saturated carbocycles. The molecular weight excluding hydrogens is 377 g/mol. The van der Waals surface area contributed by atoms with Crippen LogP contribution in [0.5, 0.6) is 5.75 Å². The topological polar surface area (TPSA) is 50.4 Å². The first-order valence-corrected chi connectivity index (χ1v) is 7.62. The van der Waals surface area contributed by atoms with Gasteiger partial charge in [-0.15, -0.1) is 0 Å². The molecular formula is C16H12ClF3N2O2S. The third-order valence-corrected chi connectivity index (χ3v) is 3.65. The van der Waals surface area contributed by atoms with Crippen LogP contribution < -0.4 is 15.4 Å². The van der Waals surface area contributed by atoms with Crippen LogP contribution in [-0.4, -0.2) is 18.1 Å². The molecule has 0 unspecified atom stereocenters. The van der Waals surface area contributed by atoms with Crippen molar-refractivity contribution in [2.75, 3.05) is 12.4 Å². The summed E-state index contributed by atoms with van der Waals surface area (Å²) >= 11 is 10.8. The number of nitrogens with one attached hydrogen (secondary N) is 2. The Kier molecular flexibility index (Phi) is 5.86. The number of thiocarbonyl (C=S) groups is 1. The maximum Gasteiger partial charge on any atom is 0.416 e. The number of hydrogen-bond acceptors (Lipinski definition) is 3. The van der Waals surface area contributed by atoms with E-state index in [2.05, 4.69) is 10.6 Å². The van der Waals surface area contributed by atoms with Gasteiger partial charge in [0.2, 0.25) is 0 Å². The predicted octanol–water partition coefficient (Wildman–Crippen LogP) is 4.49. The van der Waals surface area contributed by atoms with Gasteiger partial charge in [-0.25, -0.2) is 0 Å². The number of carbonyl (C=O) groups is 1. The first-order chi connectivity index (χ1) is 11.7. The average molecular weight is 389 g/mol. The lowest BCUT2D eigenvalue weighted by atomic mass is 10.2. The maximum absolute atomic E-state index is 12.7. The standard InChI is InChI=1S/C16H12ClF3N2O2S/c1-24-11-5-2-9(3-6-11)14(23)22-15(25)21-13-8-10(16(18,19)20)4-7-12(13)17/h2-8H,1H3,(H2,21,22,23,25). The highest BCUT2D eigenvalue weighted by Gasteiger charge is 2.31. The lowest BCUT2D eigenvalue weighted by Gasteiger charge is -2.13. The minimum Gasteiger partial charge on any atom is -0.497 e. The average Bonchev–Trinajstić information content (AvgIpc) is 2.55. The van der Waals surface area contributed by atoms with Gasteiger partial charge in [0.25, 0.3) is 5.91 Å². The Balaban J connectivity index is 2.08. The Morgan fingerprint density at radius 1 is 1.16 bits per heavy atom. The van der Waals surface area contributed by atoms with E-state index in [0.717, 1.165) is 18.2 Å². The van der Waals surface area contributed by atoms with Crippen molar-refractivity contribution in [3.8, 4) is 5.75 Å². The smallest absolute Gasteiger partial charge is 0.416 e. The highest BCUT2D eigenvalue weighted by Crippen LogP contribution is 2.33. The summed E-state index contributed by atoms with van der Waals surface area (Å²) in [5.74, 6) is 0.0521. The molecule has 0 atom stereocenters. The highest BCUT2D eigenvalue weighted by atomic mass is 35.5. The summed E-state index contributed by atoms with van der Waals surface area (Å²) in [6.07, 6.45) is -4.52. The number of alkyl halides is 3. The number of carbonyl (C=O) groups excluding carboxylic acids is 1. The number of ether oxygens (including phenoxy) is 1. The van der Waals surface area contributed by atoms with Crippen LogP contribution in [0.3, 0.4) is 0 Å². The lowest BCUT2D eigenvalue weighted by molar-refractivity contribution is -0.137. The van der Waals surface area contributed by atoms with E-state index >= 15 is 0 Å². The Bertz CT molecular complexity index is 795. The molecule has 0 fully saturated rings. The maximum atomic E-state index is 12.7. The molecule has 132 valence electrons. The number of methoxy groups -OCH3 is 1. The summed E-state index contributed by atoms with van der Waals surface area (Å²) in [6, 6.07) is 8.99. The molecule has 0 aliphatic rings. The second-order valence-electron chi connectivity index (χ2n) is 4.83. The molecule has 0 heterocycles. The Morgan fingerprint density at radius 2 is 1.80 bits per heavy atom. The van der Waals surface area contributed by atoms with Crippen LogP contribution in [0.2, 0.25) is 5.02 Å². The van der Waals surface area contributed by atoms with Crippen molar-refractivity contribution in [3.05, 3.63) is 58.6 Å². The lowest BCUT2D eigenvalue weighted by Crippen LogP contribution is -2.34. The molecule has 0 saturated heterocycles. The van der Waals surface area contributed by atoms with Crippen molar-refractivity contribution >= 4 is 40.5 Å². The van der Waals surface area contributed by atoms with Crippen molar-refractivity contribution in [2.24, 2.45) is 0 Å². The number of amides is 1. The zero-order valence-electron chi connectivity index (χ0n) is 12.8. The van der Waals surface area contributed by atoms with Crippen LogP contribution in [0.4, 0.5) is 18.9 Å². The second-order valence-corrected chi connectivity index (χ2v) is 5.64. The van der Waals surface area contributed by atoms with Gasteiger partial charge in [0.05, 0.1) is 23.4 Å². The van der Waals surface area contributed by atoms with E-state index in [1.165, 1.54) is 19.2 Å². The molecule has 4 nitrogen and oxygen atoms in total. The van der Waals surface area contributed by atoms with E-state index in [-0.39, 0.29) is 15.8 Å². The van der Waals surface area contributed by atoms with Gasteiger partial charge >= 0.3 is 6.18 Å². The molecule has 0 aromatic heterocycles. The SMILES string of the molecule is COc1ccc(C(=O)NC(=S)Nc2cc(C(F)(F)F)ccc2Cl)cc1. The van der Waals surface area contributed by atoms with Crippen molar-refractivity contribution < 1.29 is 22.7 Å². The first kappa shape index (κ1) is 19.0. The normalized spacial score (nSPS) is 10.9. The third kappa shape index (κ3) is 5.07. The molecule has 2 aromatic rings. The van der Waals surface area contributed by atoms with Crippen LogP contribution in [-0.2, 0) is 6.18 Å². The van der Waals surface area contributed by atoms with Crippen LogP contribution >= 0.6 is 23.8 Å². The fourth-order valence-electron chi connectivity index (χ4n) is 1.87. The molecule has 2 aromatic carbocycles. The number of hydrogen-bond donors (Lipinski definition) is 2. The van der Waals surface area contributed by atoms with Gasteiger partial charge in [0.1, 0.15) is 5.75 Å². The molecule has 0 aliphatic carbocycles. The highest BCUT2D eigenvalue weighted by molar-refractivity contribution is 7.80. The predicted molar refractivity (Wildman–Crippen MR) is 93.1 cm³/mol. The fourth-order valence-corrected chi connectivity index (χ4v) is 2.24. The summed E-state index contributed by atoms with van der Waals surface area (Å²) < 4.78 is 43.2. The quantitative estimate of drug-likeness (QED) is 0.760. The molecule has 0 spiro atoms. The van der Waals surface area contributed by atoms with Crippen LogP contribution in [0, 0.1) is 0 Å². The molecule has 2 rings (SSSR count). The molecule has 0 radical (unpaired) electrons. The zero-order valence-corrected chi connectivity index (χ0v) is 14.4. The van der Waals surface area contributed by atoms with E-state index in [1.807, 2.05) is 0 Å². The molecule has 2 N–H and O–H groups in total. The molecule has 1 amide bonds. The minimum absolute atomic E-state index is 0.0362. The molecule has 9 heteroatoms. The van der Waals surface area contributed by atoms with E-state index in [1.54, 1.807) is 12.1 Å². The number of halogens is 4. The van der Waals surface area contributed by atoms with Crippen molar-refractivity contribution in [2.45, 2.75) is 6.18 Å². The molecule has 0 bridgehead atoms. The van der Waals surface area contributed by atoms with E-state index in [4.69, 9.17) is 28.6 Å². The number of benzene rings is 2. The molecule has 0 aliphatic heterocycles. The van der Waals surface area contributed by atoms with Crippen LogP contribution in [0.1, 0.15) is 15.9 Å². The van der Waals surface area contributed by atoms with Gasteiger partial charge in [-0.3, -0.25) is 10.1 Å². The summed E-state index contributed by atoms with van der Waals surface area (Å²) in [5.41, 5.74) is -0.639. The fraction of sp³-hybridized carbons (Fsp3) is 0.125. The third-order valence-electron chi connectivity index (χ3n) is 3.12. The monoisotopic (exact) mass is 388 g/mol. The Labute approximate surface area is 151 Å². The largest absolute Gasteiger partial charge is 0.497 e. The minimum atomic E-state index is -4.52. The van der Waals surface area contributed by atoms with Crippen molar-refractivity contribution in [1.82, 2.24) is 5.32 Å². The van der Waals surface area contributed by atoms with Crippen molar-refractivity contribution in [1.29, 1.82) is 0 Å². The van der Waals surface area contributed by atoms with Gasteiger partial charge < -0.3 is 10.1 Å². The van der Waals surface area contributed by atoms with Gasteiger partial charge in [-0.2, -0.15) is 13.2 Å². The van der Waals surface area contributed by atoms with E-state index < -0.39 is 17.6 Å². The van der Waals surface area contributed by atoms with E-state index in [9.17, 15) is 18.0 Å². The van der Waals surface area contributed by atoms with Crippen LogP contribution in [0.25, 0.3) is 0 Å². The molecule has 25 heavy (non-hydrogen) atoms. The zero-order chi connectivity index (χ0) is 18.6. The van der Waals surface area contributed by atoms with Gasteiger partial charge in [0.15, 0.2) is 5.11 Å². The summed E-state index contributed by atoms with van der Waals surface area (Å²) in [7, 11) is 1.49. The van der Waals surface area contributed by atoms with Gasteiger partial charge in [-0.1, -0.05) is 11.6 Å². The van der Waals surface area contributed by atoms with E-state index in [0.29, 0.717) is 11.3 Å². The van der Waals surface area contributed by atoms with Crippen molar-refractivity contribution in [3.63, 3.8) is 0 Å². The summed E-state index contributed by atoms with van der Waals surface area (Å²) in [5, 5.41) is 4.71.